The molecule has 6 rings (SSSR count). The molecule has 0 aliphatic heterocycles. The Hall–Kier alpha value is -4.18. The second-order valence-corrected chi connectivity index (χ2v) is 16.2. The topological polar surface area (TPSA) is 133 Å². The SMILES string of the molecule is O=C(CSc1ccccc1)Nc1scc(-c2ccc(Br)cc2)c1C(=O)O.O=C(CSc1ccccc1)Nc1scc(-c2ccccc2Br)c1C(=O)O. The zero-order valence-electron chi connectivity index (χ0n) is 26.9. The highest BCUT2D eigenvalue weighted by Gasteiger charge is 2.23. The molecular formula is C38H28Br2N2O6S4. The zero-order valence-corrected chi connectivity index (χ0v) is 33.3. The maximum absolute atomic E-state index is 12.2. The van der Waals surface area contributed by atoms with Crippen molar-refractivity contribution >= 4 is 112 Å². The number of nitrogens with one attached hydrogen (secondary N) is 2. The number of carbonyl (C=O) groups excluding carboxylic acids is 2. The molecular weight excluding hydrogens is 869 g/mol. The van der Waals surface area contributed by atoms with Crippen LogP contribution in [0.3, 0.4) is 0 Å². The number of aromatic carboxylic acids is 2. The van der Waals surface area contributed by atoms with Crippen molar-refractivity contribution in [2.45, 2.75) is 9.79 Å². The molecule has 14 heteroatoms. The number of carboxylic acid groups (broad SMARTS) is 2. The summed E-state index contributed by atoms with van der Waals surface area (Å²) in [5, 5.41) is 28.9. The van der Waals surface area contributed by atoms with Gasteiger partial charge in [-0.1, -0.05) is 98.6 Å². The summed E-state index contributed by atoms with van der Waals surface area (Å²) in [6.07, 6.45) is 0. The lowest BCUT2D eigenvalue weighted by Crippen LogP contribution is -2.15. The molecule has 0 saturated carbocycles. The van der Waals surface area contributed by atoms with Crippen molar-refractivity contribution in [3.63, 3.8) is 0 Å². The summed E-state index contributed by atoms with van der Waals surface area (Å²) in [6, 6.07) is 34.0. The molecule has 52 heavy (non-hydrogen) atoms. The minimum absolute atomic E-state index is 0.111. The molecule has 0 unspecified atom stereocenters. The van der Waals surface area contributed by atoms with Crippen LogP contribution in [0.25, 0.3) is 22.3 Å². The summed E-state index contributed by atoms with van der Waals surface area (Å²) >= 11 is 12.1. The number of thiophene rings is 2. The van der Waals surface area contributed by atoms with E-state index < -0.39 is 11.9 Å². The van der Waals surface area contributed by atoms with Crippen LogP contribution in [0.2, 0.25) is 0 Å². The van der Waals surface area contributed by atoms with E-state index in [-0.39, 0.29) is 34.4 Å². The number of thioether (sulfide) groups is 2. The number of anilines is 2. The number of carbonyl (C=O) groups is 4. The number of amides is 2. The van der Waals surface area contributed by atoms with Gasteiger partial charge in [0.25, 0.3) is 0 Å². The van der Waals surface area contributed by atoms with Crippen LogP contribution in [0.15, 0.2) is 139 Å². The molecule has 4 aromatic carbocycles. The van der Waals surface area contributed by atoms with Gasteiger partial charge in [-0.05, 0) is 53.6 Å². The maximum Gasteiger partial charge on any atom is 0.339 e. The Kier molecular flexibility index (Phi) is 14.3. The Labute approximate surface area is 333 Å². The van der Waals surface area contributed by atoms with E-state index >= 15 is 0 Å². The molecule has 2 aromatic heterocycles. The fraction of sp³-hybridized carbons (Fsp3) is 0.0526. The van der Waals surface area contributed by atoms with E-state index in [1.807, 2.05) is 109 Å². The minimum atomic E-state index is -1.07. The van der Waals surface area contributed by atoms with Gasteiger partial charge in [-0.15, -0.1) is 46.2 Å². The number of hydrogen-bond acceptors (Lipinski definition) is 8. The van der Waals surface area contributed by atoms with Crippen LogP contribution >= 0.6 is 78.1 Å². The van der Waals surface area contributed by atoms with E-state index in [1.165, 1.54) is 46.2 Å². The van der Waals surface area contributed by atoms with E-state index in [0.29, 0.717) is 21.1 Å². The number of rotatable bonds is 12. The van der Waals surface area contributed by atoms with Crippen molar-refractivity contribution in [2.75, 3.05) is 22.1 Å². The van der Waals surface area contributed by atoms with E-state index in [0.717, 1.165) is 29.9 Å². The molecule has 0 bridgehead atoms. The molecule has 0 atom stereocenters. The third kappa shape index (κ3) is 10.7. The predicted octanol–water partition coefficient (Wildman–Crippen LogP) is 11.2. The Morgan fingerprint density at radius 2 is 1.00 bits per heavy atom. The number of hydrogen-bond donors (Lipinski definition) is 4. The van der Waals surface area contributed by atoms with Crippen LogP contribution in [0.4, 0.5) is 10.0 Å². The van der Waals surface area contributed by atoms with E-state index in [1.54, 1.807) is 10.8 Å². The van der Waals surface area contributed by atoms with Gasteiger partial charge in [-0.2, -0.15) is 0 Å². The van der Waals surface area contributed by atoms with Crippen molar-refractivity contribution in [3.05, 3.63) is 140 Å². The average Bonchev–Trinajstić information content (AvgIpc) is 3.76. The molecule has 264 valence electrons. The van der Waals surface area contributed by atoms with Crippen molar-refractivity contribution in [1.82, 2.24) is 0 Å². The van der Waals surface area contributed by atoms with Crippen LogP contribution in [-0.4, -0.2) is 45.5 Å². The van der Waals surface area contributed by atoms with Crippen molar-refractivity contribution < 1.29 is 29.4 Å². The lowest BCUT2D eigenvalue weighted by molar-refractivity contribution is -0.114. The normalized spacial score (nSPS) is 10.5. The molecule has 0 aliphatic rings. The minimum Gasteiger partial charge on any atom is -0.478 e. The largest absolute Gasteiger partial charge is 0.478 e. The number of halogens is 2. The van der Waals surface area contributed by atoms with Gasteiger partial charge in [0.05, 0.1) is 11.5 Å². The Morgan fingerprint density at radius 3 is 1.48 bits per heavy atom. The second kappa shape index (κ2) is 19.1. The molecule has 0 spiro atoms. The monoisotopic (exact) mass is 894 g/mol. The standard InChI is InChI=1S/2C19H14BrNO3S2/c20-15-9-5-4-8-13(15)14-10-26-18(17(14)19(23)24)21-16(22)11-25-12-6-2-1-3-7-12;20-13-8-6-12(7-9-13)15-10-26-18(17(15)19(23)24)21-16(22)11-25-14-4-2-1-3-5-14/h2*1-10H,11H2,(H,21,22)(H,23,24). The molecule has 0 saturated heterocycles. The van der Waals surface area contributed by atoms with Crippen LogP contribution in [0.5, 0.6) is 0 Å². The molecule has 2 heterocycles. The average molecular weight is 897 g/mol. The summed E-state index contributed by atoms with van der Waals surface area (Å²) in [7, 11) is 0. The number of carboxylic acids is 2. The first-order valence-corrected chi connectivity index (χ1v) is 20.6. The van der Waals surface area contributed by atoms with Gasteiger partial charge in [0.1, 0.15) is 21.1 Å². The summed E-state index contributed by atoms with van der Waals surface area (Å²) in [5.74, 6) is -2.16. The van der Waals surface area contributed by atoms with Crippen LogP contribution in [0, 0.1) is 0 Å². The molecule has 0 radical (unpaired) electrons. The third-order valence-electron chi connectivity index (χ3n) is 7.06. The fourth-order valence-electron chi connectivity index (χ4n) is 4.70. The van der Waals surface area contributed by atoms with Crippen LogP contribution < -0.4 is 10.6 Å². The van der Waals surface area contributed by atoms with Gasteiger partial charge < -0.3 is 20.8 Å². The lowest BCUT2D eigenvalue weighted by Gasteiger charge is -2.07. The predicted molar refractivity (Wildman–Crippen MR) is 220 cm³/mol. The Bertz CT molecular complexity index is 2180. The quantitative estimate of drug-likeness (QED) is 0.0893. The first-order chi connectivity index (χ1) is 25.1. The van der Waals surface area contributed by atoms with E-state index in [2.05, 4.69) is 42.5 Å². The van der Waals surface area contributed by atoms with Crippen LogP contribution in [0.1, 0.15) is 20.7 Å². The van der Waals surface area contributed by atoms with Gasteiger partial charge in [0.2, 0.25) is 11.8 Å². The highest BCUT2D eigenvalue weighted by Crippen LogP contribution is 2.39. The Balaban J connectivity index is 0.000000201. The van der Waals surface area contributed by atoms with Gasteiger partial charge in [0.15, 0.2) is 0 Å². The molecule has 0 fully saturated rings. The second-order valence-electron chi connectivity index (χ2n) is 10.6. The van der Waals surface area contributed by atoms with E-state index in [4.69, 9.17) is 0 Å². The smallest absolute Gasteiger partial charge is 0.339 e. The first kappa shape index (κ1) is 39.0. The highest BCUT2D eigenvalue weighted by molar-refractivity contribution is 9.10. The summed E-state index contributed by atoms with van der Waals surface area (Å²) < 4.78 is 1.72. The summed E-state index contributed by atoms with van der Waals surface area (Å²) in [4.78, 5) is 50.0. The highest BCUT2D eigenvalue weighted by atomic mass is 79.9. The zero-order chi connectivity index (χ0) is 37.0. The Morgan fingerprint density at radius 1 is 0.558 bits per heavy atom. The van der Waals surface area contributed by atoms with Gasteiger partial charge >= 0.3 is 11.9 Å². The molecule has 6 aromatic rings. The maximum atomic E-state index is 12.2. The van der Waals surface area contributed by atoms with Crippen molar-refractivity contribution in [2.24, 2.45) is 0 Å². The van der Waals surface area contributed by atoms with Crippen molar-refractivity contribution in [3.8, 4) is 22.3 Å². The van der Waals surface area contributed by atoms with Gasteiger partial charge in [-0.25, -0.2) is 9.59 Å². The van der Waals surface area contributed by atoms with Crippen LogP contribution in [-0.2, 0) is 9.59 Å². The van der Waals surface area contributed by atoms with E-state index in [9.17, 15) is 29.4 Å². The lowest BCUT2D eigenvalue weighted by atomic mass is 10.0. The molecule has 2 amide bonds. The van der Waals surface area contributed by atoms with Crippen molar-refractivity contribution in [1.29, 1.82) is 0 Å². The molecule has 0 aliphatic carbocycles. The van der Waals surface area contributed by atoms with Gasteiger partial charge in [-0.3, -0.25) is 9.59 Å². The number of benzene rings is 4. The molecule has 4 N–H and O–H groups in total. The first-order valence-electron chi connectivity index (χ1n) is 15.3. The summed E-state index contributed by atoms with van der Waals surface area (Å²) in [5.41, 5.74) is 2.98. The fourth-order valence-corrected chi connectivity index (χ4v) is 8.85. The molecule has 8 nitrogen and oxygen atoms in total. The third-order valence-corrected chi connectivity index (χ3v) is 12.1. The van der Waals surface area contributed by atoms with Gasteiger partial charge in [0, 0.05) is 40.6 Å². The summed E-state index contributed by atoms with van der Waals surface area (Å²) in [6.45, 7) is 0.